The number of halogens is 1. The van der Waals surface area contributed by atoms with Gasteiger partial charge < -0.3 is 9.80 Å². The fraction of sp³-hybridized carbons (Fsp3) is 0.619. The second-order valence-corrected chi connectivity index (χ2v) is 8.34. The van der Waals surface area contributed by atoms with E-state index in [4.69, 9.17) is 0 Å². The van der Waals surface area contributed by atoms with Gasteiger partial charge in [-0.2, -0.15) is 0 Å². The molecule has 1 aromatic carbocycles. The molecule has 1 aromatic rings. The summed E-state index contributed by atoms with van der Waals surface area (Å²) in [5, 5.41) is 0. The van der Waals surface area contributed by atoms with E-state index >= 15 is 0 Å². The van der Waals surface area contributed by atoms with Crippen molar-refractivity contribution in [3.05, 3.63) is 35.6 Å². The maximum absolute atomic E-state index is 13.5. The molecular formula is C21H29FN2O2. The first-order valence-electron chi connectivity index (χ1n) is 9.71. The number of nitrogens with zero attached hydrogens (tertiary/aromatic N) is 2. The fourth-order valence-electron chi connectivity index (χ4n) is 4.24. The molecule has 0 aromatic heterocycles. The Morgan fingerprint density at radius 1 is 1.27 bits per heavy atom. The summed E-state index contributed by atoms with van der Waals surface area (Å²) in [5.41, 5.74) is 0.400. The molecule has 142 valence electrons. The van der Waals surface area contributed by atoms with Crippen molar-refractivity contribution < 1.29 is 14.0 Å². The van der Waals surface area contributed by atoms with Gasteiger partial charge in [0.15, 0.2) is 0 Å². The van der Waals surface area contributed by atoms with Gasteiger partial charge in [-0.1, -0.05) is 19.9 Å². The third-order valence-electron chi connectivity index (χ3n) is 5.74. The third-order valence-corrected chi connectivity index (χ3v) is 5.74. The van der Waals surface area contributed by atoms with Crippen LogP contribution in [0.3, 0.4) is 0 Å². The highest BCUT2D eigenvalue weighted by Gasteiger charge is 2.42. The molecular weight excluding hydrogens is 331 g/mol. The van der Waals surface area contributed by atoms with E-state index in [1.165, 1.54) is 12.1 Å². The van der Waals surface area contributed by atoms with E-state index in [2.05, 4.69) is 13.8 Å². The highest BCUT2D eigenvalue weighted by Crippen LogP contribution is 2.39. The number of piperidine rings is 2. The molecule has 2 aliphatic rings. The topological polar surface area (TPSA) is 40.6 Å². The van der Waals surface area contributed by atoms with Crippen molar-refractivity contribution >= 4 is 11.8 Å². The van der Waals surface area contributed by atoms with Crippen molar-refractivity contribution in [3.63, 3.8) is 0 Å². The Morgan fingerprint density at radius 2 is 2.08 bits per heavy atom. The van der Waals surface area contributed by atoms with Crippen molar-refractivity contribution in [1.82, 2.24) is 9.80 Å². The van der Waals surface area contributed by atoms with E-state index in [0.717, 1.165) is 38.8 Å². The van der Waals surface area contributed by atoms with Crippen molar-refractivity contribution in [2.75, 3.05) is 26.2 Å². The number of benzene rings is 1. The average molecular weight is 360 g/mol. The minimum absolute atomic E-state index is 0.00781. The lowest BCUT2D eigenvalue weighted by Gasteiger charge is -2.48. The van der Waals surface area contributed by atoms with Gasteiger partial charge in [0, 0.05) is 43.6 Å². The molecule has 2 heterocycles. The smallest absolute Gasteiger partial charge is 0.253 e. The van der Waals surface area contributed by atoms with Gasteiger partial charge in [0.2, 0.25) is 5.91 Å². The number of hydrogen-bond acceptors (Lipinski definition) is 2. The SMILES string of the molecule is CC(C)CCN1C[C@]2(CCCN(C(=O)c3cccc(F)c3)C2)CCC1=O. The van der Waals surface area contributed by atoms with Crippen LogP contribution in [0.4, 0.5) is 4.39 Å². The summed E-state index contributed by atoms with van der Waals surface area (Å²) in [5.74, 6) is 0.322. The first-order valence-corrected chi connectivity index (χ1v) is 9.71. The molecule has 2 amide bonds. The Labute approximate surface area is 155 Å². The van der Waals surface area contributed by atoms with Gasteiger partial charge >= 0.3 is 0 Å². The standard InChI is InChI=1S/C21H29FN2O2/c1-16(2)8-12-23-14-21(10-7-19(23)25)9-4-11-24(15-21)20(26)17-5-3-6-18(22)13-17/h3,5-6,13,16H,4,7-12,14-15H2,1-2H3/t21-/m0/s1. The summed E-state index contributed by atoms with van der Waals surface area (Å²) in [6.07, 6.45) is 4.41. The average Bonchev–Trinajstić information content (AvgIpc) is 2.62. The normalized spacial score (nSPS) is 23.8. The van der Waals surface area contributed by atoms with Gasteiger partial charge in [0.05, 0.1) is 0 Å². The minimum atomic E-state index is -0.384. The molecule has 0 N–H and O–H groups in total. The zero-order valence-electron chi connectivity index (χ0n) is 15.8. The van der Waals surface area contributed by atoms with Crippen LogP contribution in [-0.2, 0) is 4.79 Å². The second kappa shape index (κ2) is 7.77. The summed E-state index contributed by atoms with van der Waals surface area (Å²) in [6, 6.07) is 5.91. The van der Waals surface area contributed by atoms with Crippen LogP contribution in [0.15, 0.2) is 24.3 Å². The molecule has 1 atom stereocenters. The van der Waals surface area contributed by atoms with Crippen molar-refractivity contribution in [2.24, 2.45) is 11.3 Å². The molecule has 2 saturated heterocycles. The molecule has 2 fully saturated rings. The van der Waals surface area contributed by atoms with Gasteiger partial charge in [0.1, 0.15) is 5.82 Å². The van der Waals surface area contributed by atoms with Gasteiger partial charge in [-0.05, 0) is 49.8 Å². The molecule has 5 heteroatoms. The molecule has 3 rings (SSSR count). The van der Waals surface area contributed by atoms with Crippen LogP contribution in [0.25, 0.3) is 0 Å². The predicted molar refractivity (Wildman–Crippen MR) is 99.2 cm³/mol. The largest absolute Gasteiger partial charge is 0.342 e. The molecule has 26 heavy (non-hydrogen) atoms. The maximum Gasteiger partial charge on any atom is 0.253 e. The Hall–Kier alpha value is -1.91. The number of carbonyl (C=O) groups is 2. The second-order valence-electron chi connectivity index (χ2n) is 8.34. The molecule has 0 radical (unpaired) electrons. The zero-order valence-corrected chi connectivity index (χ0v) is 15.8. The van der Waals surface area contributed by atoms with E-state index < -0.39 is 0 Å². The van der Waals surface area contributed by atoms with Crippen molar-refractivity contribution in [2.45, 2.75) is 46.0 Å². The first-order chi connectivity index (χ1) is 12.4. The lowest BCUT2D eigenvalue weighted by molar-refractivity contribution is -0.139. The molecule has 4 nitrogen and oxygen atoms in total. The lowest BCUT2D eigenvalue weighted by atomic mass is 9.73. The molecule has 0 saturated carbocycles. The molecule has 0 aliphatic carbocycles. The Bertz CT molecular complexity index is 676. The molecule has 0 unspecified atom stereocenters. The quantitative estimate of drug-likeness (QED) is 0.821. The van der Waals surface area contributed by atoms with Crippen LogP contribution in [0.1, 0.15) is 56.3 Å². The van der Waals surface area contributed by atoms with Crippen LogP contribution in [-0.4, -0.2) is 47.8 Å². The number of amides is 2. The van der Waals surface area contributed by atoms with Crippen LogP contribution >= 0.6 is 0 Å². The summed E-state index contributed by atoms with van der Waals surface area (Å²) >= 11 is 0. The van der Waals surface area contributed by atoms with Crippen LogP contribution in [0.2, 0.25) is 0 Å². The number of likely N-dealkylation sites (tertiary alicyclic amines) is 2. The summed E-state index contributed by atoms with van der Waals surface area (Å²) in [4.78, 5) is 29.0. The third kappa shape index (κ3) is 4.25. The Kier molecular flexibility index (Phi) is 5.64. The summed E-state index contributed by atoms with van der Waals surface area (Å²) in [7, 11) is 0. The molecule has 1 spiro atoms. The number of carbonyl (C=O) groups excluding carboxylic acids is 2. The first kappa shape index (κ1) is 18.9. The molecule has 2 aliphatic heterocycles. The highest BCUT2D eigenvalue weighted by atomic mass is 19.1. The molecule has 0 bridgehead atoms. The van der Waals surface area contributed by atoms with E-state index in [-0.39, 0.29) is 23.0 Å². The van der Waals surface area contributed by atoms with E-state index in [9.17, 15) is 14.0 Å². The van der Waals surface area contributed by atoms with E-state index in [1.54, 1.807) is 12.1 Å². The van der Waals surface area contributed by atoms with E-state index in [1.807, 2.05) is 9.80 Å². The summed E-state index contributed by atoms with van der Waals surface area (Å²) < 4.78 is 13.5. The minimum Gasteiger partial charge on any atom is -0.342 e. The van der Waals surface area contributed by atoms with Crippen molar-refractivity contribution in [1.29, 1.82) is 0 Å². The van der Waals surface area contributed by atoms with Crippen LogP contribution in [0, 0.1) is 17.2 Å². The van der Waals surface area contributed by atoms with Gasteiger partial charge in [-0.15, -0.1) is 0 Å². The van der Waals surface area contributed by atoms with Gasteiger partial charge in [-0.25, -0.2) is 4.39 Å². The predicted octanol–water partition coefficient (Wildman–Crippen LogP) is 3.72. The van der Waals surface area contributed by atoms with Gasteiger partial charge in [0.25, 0.3) is 5.91 Å². The number of hydrogen-bond donors (Lipinski definition) is 0. The monoisotopic (exact) mass is 360 g/mol. The summed E-state index contributed by atoms with van der Waals surface area (Å²) in [6.45, 7) is 7.25. The fourth-order valence-corrected chi connectivity index (χ4v) is 4.24. The van der Waals surface area contributed by atoms with E-state index in [0.29, 0.717) is 31.0 Å². The highest BCUT2D eigenvalue weighted by molar-refractivity contribution is 5.94. The Morgan fingerprint density at radius 3 is 2.81 bits per heavy atom. The van der Waals surface area contributed by atoms with Crippen LogP contribution < -0.4 is 0 Å². The van der Waals surface area contributed by atoms with Crippen molar-refractivity contribution in [3.8, 4) is 0 Å². The maximum atomic E-state index is 13.5. The zero-order chi connectivity index (χ0) is 18.7. The Balaban J connectivity index is 1.70. The lowest BCUT2D eigenvalue weighted by Crippen LogP contribution is -2.55. The van der Waals surface area contributed by atoms with Gasteiger partial charge in [-0.3, -0.25) is 9.59 Å². The number of rotatable bonds is 4. The van der Waals surface area contributed by atoms with Crippen LogP contribution in [0.5, 0.6) is 0 Å².